The Morgan fingerprint density at radius 3 is 1.69 bits per heavy atom. The van der Waals surface area contributed by atoms with E-state index < -0.39 is 43.0 Å². The second-order valence-corrected chi connectivity index (χ2v) is 12.6. The number of hydrogen-bond donors (Lipinski definition) is 5. The van der Waals surface area contributed by atoms with Gasteiger partial charge in [-0.05, 0) is 55.8 Å². The molecule has 0 unspecified atom stereocenters. The number of Topliss-reactive ketones (excluding diaryl/α,β-unsaturated/α-hetero) is 2. The zero-order valence-electron chi connectivity index (χ0n) is 31.5. The van der Waals surface area contributed by atoms with E-state index in [0.29, 0.717) is 32.5 Å². The molecule has 2 rings (SSSR count). The number of carbonyl (C=O) groups is 6. The molecule has 304 valence electrons. The number of rotatable bonds is 27. The Bertz CT molecular complexity index is 1460. The molecule has 17 heteroatoms. The molecule has 2 aromatic carbocycles. The molecule has 0 aliphatic rings. The number of carboxylic acids is 4. The molecule has 0 aliphatic heterocycles. The van der Waals surface area contributed by atoms with Gasteiger partial charge in [0.2, 0.25) is 0 Å². The first-order chi connectivity index (χ1) is 26.1. The van der Waals surface area contributed by atoms with Crippen molar-refractivity contribution in [2.75, 3.05) is 72.6 Å². The van der Waals surface area contributed by atoms with Crippen molar-refractivity contribution < 1.29 is 63.5 Å². The molecular formula is C38H54N4O13. The monoisotopic (exact) mass is 774 g/mol. The molecule has 0 saturated heterocycles. The van der Waals surface area contributed by atoms with Crippen molar-refractivity contribution in [2.45, 2.75) is 51.5 Å². The highest BCUT2D eigenvalue weighted by Gasteiger charge is 2.18. The van der Waals surface area contributed by atoms with E-state index in [9.17, 15) is 24.0 Å². The molecule has 55 heavy (non-hydrogen) atoms. The van der Waals surface area contributed by atoms with Gasteiger partial charge in [0.15, 0.2) is 5.78 Å². The first kappa shape index (κ1) is 49.8. The number of benzene rings is 2. The number of nitrogens with zero attached hydrogens (tertiary/aromatic N) is 3. The summed E-state index contributed by atoms with van der Waals surface area (Å²) >= 11 is 0. The molecule has 0 bridgehead atoms. The SMILES string of the molecule is CC(=O)O.CN(CCN(CCN(CC(=O)O)CC(=O)O)CC(=O)CCc1ccc(CCCOCC(=O)[C@H](N)CCc2ccccc2)cc1)CC(=O)O.O=C=O. The number of ketones is 2. The maximum Gasteiger partial charge on any atom is 0.373 e. The van der Waals surface area contributed by atoms with Gasteiger partial charge in [-0.3, -0.25) is 43.5 Å². The summed E-state index contributed by atoms with van der Waals surface area (Å²) in [5.74, 6) is -4.24. The number of aliphatic carboxylic acids is 4. The van der Waals surface area contributed by atoms with E-state index in [1.165, 1.54) is 4.90 Å². The molecule has 0 radical (unpaired) electrons. The summed E-state index contributed by atoms with van der Waals surface area (Å²) in [4.78, 5) is 88.5. The van der Waals surface area contributed by atoms with Gasteiger partial charge in [-0.1, -0.05) is 54.6 Å². The number of ether oxygens (including phenoxy) is 1. The summed E-state index contributed by atoms with van der Waals surface area (Å²) in [6.45, 7) is 1.65. The number of carbonyl (C=O) groups excluding carboxylic acids is 4. The van der Waals surface area contributed by atoms with E-state index in [2.05, 4.69) is 0 Å². The van der Waals surface area contributed by atoms with Crippen molar-refractivity contribution in [1.29, 1.82) is 0 Å². The molecule has 6 N–H and O–H groups in total. The topological polar surface area (TPSA) is 262 Å². The van der Waals surface area contributed by atoms with Crippen LogP contribution in [0, 0.1) is 0 Å². The van der Waals surface area contributed by atoms with Crippen LogP contribution in [0.4, 0.5) is 0 Å². The van der Waals surface area contributed by atoms with Crippen LogP contribution in [-0.2, 0) is 62.4 Å². The second-order valence-electron chi connectivity index (χ2n) is 12.6. The Morgan fingerprint density at radius 2 is 1.16 bits per heavy atom. The van der Waals surface area contributed by atoms with Crippen LogP contribution < -0.4 is 5.73 Å². The lowest BCUT2D eigenvalue weighted by Crippen LogP contribution is -2.44. The average Bonchev–Trinajstić information content (AvgIpc) is 3.10. The highest BCUT2D eigenvalue weighted by molar-refractivity contribution is 5.85. The van der Waals surface area contributed by atoms with E-state index in [4.69, 9.17) is 45.3 Å². The third-order valence-corrected chi connectivity index (χ3v) is 7.77. The minimum atomic E-state index is -1.15. The molecule has 1 atom stereocenters. The molecule has 0 aromatic heterocycles. The fourth-order valence-electron chi connectivity index (χ4n) is 5.04. The van der Waals surface area contributed by atoms with Gasteiger partial charge in [-0.2, -0.15) is 9.59 Å². The molecule has 0 saturated carbocycles. The molecule has 17 nitrogen and oxygen atoms in total. The van der Waals surface area contributed by atoms with Gasteiger partial charge >= 0.3 is 24.1 Å². The Kier molecular flexibility index (Phi) is 27.4. The van der Waals surface area contributed by atoms with Gasteiger partial charge in [0.1, 0.15) is 12.4 Å². The summed E-state index contributed by atoms with van der Waals surface area (Å²) in [5, 5.41) is 34.7. The zero-order chi connectivity index (χ0) is 41.6. The molecular weight excluding hydrogens is 720 g/mol. The third kappa shape index (κ3) is 28.9. The Balaban J connectivity index is 0.00000383. The summed E-state index contributed by atoms with van der Waals surface area (Å²) in [6, 6.07) is 17.3. The fraction of sp³-hybridized carbons (Fsp3) is 0.500. The molecule has 0 fully saturated rings. The van der Waals surface area contributed by atoms with Crippen molar-refractivity contribution in [3.63, 3.8) is 0 Å². The van der Waals surface area contributed by atoms with Crippen LogP contribution >= 0.6 is 0 Å². The Hall–Kier alpha value is -5.16. The predicted octanol–water partition coefficient (Wildman–Crippen LogP) is 0.964. The first-order valence-electron chi connectivity index (χ1n) is 17.5. The fourth-order valence-corrected chi connectivity index (χ4v) is 5.04. The number of carboxylic acid groups (broad SMARTS) is 4. The molecule has 0 heterocycles. The van der Waals surface area contributed by atoms with Crippen LogP contribution in [0.2, 0.25) is 0 Å². The normalized spacial score (nSPS) is 11.1. The maximum absolute atomic E-state index is 12.9. The van der Waals surface area contributed by atoms with Crippen LogP contribution in [0.25, 0.3) is 0 Å². The Labute approximate surface area is 320 Å². The lowest BCUT2D eigenvalue weighted by atomic mass is 10.0. The van der Waals surface area contributed by atoms with Gasteiger partial charge in [-0.25, -0.2) is 0 Å². The highest BCUT2D eigenvalue weighted by Crippen LogP contribution is 2.10. The summed E-state index contributed by atoms with van der Waals surface area (Å²) in [7, 11) is 1.65. The van der Waals surface area contributed by atoms with Crippen LogP contribution in [0.1, 0.15) is 42.9 Å². The molecule has 0 spiro atoms. The van der Waals surface area contributed by atoms with E-state index >= 15 is 0 Å². The Morgan fingerprint density at radius 1 is 0.691 bits per heavy atom. The lowest BCUT2D eigenvalue weighted by molar-refractivity contribution is -0.192. The molecule has 0 amide bonds. The third-order valence-electron chi connectivity index (χ3n) is 7.77. The van der Waals surface area contributed by atoms with Gasteiger partial charge in [0.25, 0.3) is 5.97 Å². The average molecular weight is 775 g/mol. The van der Waals surface area contributed by atoms with Crippen LogP contribution in [0.5, 0.6) is 0 Å². The molecule has 0 aliphatic carbocycles. The van der Waals surface area contributed by atoms with Gasteiger partial charge in [0.05, 0.1) is 32.2 Å². The molecule has 2 aromatic rings. The first-order valence-corrected chi connectivity index (χ1v) is 17.5. The van der Waals surface area contributed by atoms with Crippen molar-refractivity contribution in [1.82, 2.24) is 14.7 Å². The summed E-state index contributed by atoms with van der Waals surface area (Å²) in [6.07, 6.45) is 3.92. The number of hydrogen-bond acceptors (Lipinski definition) is 13. The standard InChI is InChI=1S/C35H50N4O9.C2H4O2.CO2/c1-37(23-33(42)43)17-18-38(19-20-39(24-34(44)45)25-35(46)47)22-30(40)15-13-29-11-9-28(10-12-29)8-5-21-48-26-32(41)31(36)16-14-27-6-3-2-4-7-27;1-2(3)4;2-1-3/h2-4,6-7,9-12,31H,5,8,13-26,36H2,1H3,(H,42,43)(H,44,45)(H,46,47);1H3,(H,3,4);/t31-;;/m1../s1. The maximum atomic E-state index is 12.9. The van der Waals surface area contributed by atoms with E-state index in [1.54, 1.807) is 16.8 Å². The largest absolute Gasteiger partial charge is 0.481 e. The van der Waals surface area contributed by atoms with Gasteiger partial charge < -0.3 is 30.9 Å². The van der Waals surface area contributed by atoms with Gasteiger partial charge in [0, 0.05) is 46.1 Å². The lowest BCUT2D eigenvalue weighted by Gasteiger charge is -2.27. The van der Waals surface area contributed by atoms with Crippen molar-refractivity contribution >= 4 is 41.6 Å². The smallest absolute Gasteiger partial charge is 0.373 e. The van der Waals surface area contributed by atoms with Crippen molar-refractivity contribution in [3.8, 4) is 0 Å². The predicted molar refractivity (Wildman–Crippen MR) is 198 cm³/mol. The van der Waals surface area contributed by atoms with E-state index in [-0.39, 0.29) is 56.9 Å². The van der Waals surface area contributed by atoms with E-state index in [1.807, 2.05) is 54.6 Å². The summed E-state index contributed by atoms with van der Waals surface area (Å²) < 4.78 is 5.57. The quantitative estimate of drug-likeness (QED) is 0.0792. The van der Waals surface area contributed by atoms with Crippen molar-refractivity contribution in [3.05, 3.63) is 71.3 Å². The highest BCUT2D eigenvalue weighted by atomic mass is 16.5. The number of nitrogens with two attached hydrogens (primary N) is 1. The van der Waals surface area contributed by atoms with Crippen molar-refractivity contribution in [2.24, 2.45) is 5.73 Å². The van der Waals surface area contributed by atoms with Gasteiger partial charge in [-0.15, -0.1) is 0 Å². The van der Waals surface area contributed by atoms with Crippen LogP contribution in [0.3, 0.4) is 0 Å². The number of aryl methyl sites for hydroxylation is 3. The minimum Gasteiger partial charge on any atom is -0.481 e. The van der Waals surface area contributed by atoms with Crippen LogP contribution in [-0.4, -0.2) is 155 Å². The van der Waals surface area contributed by atoms with E-state index in [0.717, 1.165) is 42.9 Å². The summed E-state index contributed by atoms with van der Waals surface area (Å²) in [5.41, 5.74) is 9.30. The minimum absolute atomic E-state index is 0.00229. The second kappa shape index (κ2) is 30.2. The zero-order valence-corrected chi connectivity index (χ0v) is 31.5. The van der Waals surface area contributed by atoms with Crippen LogP contribution in [0.15, 0.2) is 54.6 Å². The number of likely N-dealkylation sites (N-methyl/N-ethyl adjacent to an activating group) is 1.